The van der Waals surface area contributed by atoms with Crippen LogP contribution >= 0.6 is 11.6 Å². The summed E-state index contributed by atoms with van der Waals surface area (Å²) in [5.41, 5.74) is 0.394. The molecule has 0 atom stereocenters. The van der Waals surface area contributed by atoms with E-state index in [9.17, 15) is 18.8 Å². The largest absolute Gasteiger partial charge is 0.475 e. The molecule has 0 aliphatic carbocycles. The summed E-state index contributed by atoms with van der Waals surface area (Å²) in [6, 6.07) is 3.58. The highest BCUT2D eigenvalue weighted by Crippen LogP contribution is 2.19. The molecule has 0 fully saturated rings. The molecule has 0 radical (unpaired) electrons. The standard InChI is InChI=1S/C12H11ClFNO5/c1-20-15(11(17)5-10(16)12(18)19)6-7-2-3-8(14)4-9(7)13/h2-4H,5-6H2,1H3,(H,18,19). The molecule has 1 N–H and O–H groups in total. The molecule has 1 amide bonds. The molecule has 6 nitrogen and oxygen atoms in total. The van der Waals surface area contributed by atoms with Crippen molar-refractivity contribution in [2.75, 3.05) is 7.11 Å². The van der Waals surface area contributed by atoms with Gasteiger partial charge in [-0.15, -0.1) is 0 Å². The first kappa shape index (κ1) is 16.1. The van der Waals surface area contributed by atoms with E-state index in [1.807, 2.05) is 0 Å². The zero-order valence-corrected chi connectivity index (χ0v) is 11.2. The normalized spacial score (nSPS) is 10.2. The van der Waals surface area contributed by atoms with Crippen molar-refractivity contribution >= 4 is 29.3 Å². The van der Waals surface area contributed by atoms with Gasteiger partial charge >= 0.3 is 5.97 Å². The lowest BCUT2D eigenvalue weighted by atomic mass is 10.2. The van der Waals surface area contributed by atoms with Crippen LogP contribution in [0.3, 0.4) is 0 Å². The Morgan fingerprint density at radius 1 is 1.40 bits per heavy atom. The van der Waals surface area contributed by atoms with Gasteiger partial charge in [0.15, 0.2) is 0 Å². The van der Waals surface area contributed by atoms with Crippen LogP contribution in [-0.4, -0.2) is 34.9 Å². The Labute approximate surface area is 118 Å². The van der Waals surface area contributed by atoms with E-state index in [1.165, 1.54) is 13.2 Å². The second-order valence-corrected chi connectivity index (χ2v) is 4.16. The lowest BCUT2D eigenvalue weighted by molar-refractivity contribution is -0.180. The maximum absolute atomic E-state index is 12.9. The summed E-state index contributed by atoms with van der Waals surface area (Å²) in [6.07, 6.45) is -0.831. The van der Waals surface area contributed by atoms with E-state index >= 15 is 0 Å². The number of carbonyl (C=O) groups is 3. The van der Waals surface area contributed by atoms with E-state index in [0.29, 0.717) is 5.56 Å². The Morgan fingerprint density at radius 3 is 2.55 bits per heavy atom. The molecule has 0 saturated heterocycles. The summed E-state index contributed by atoms with van der Waals surface area (Å²) in [5.74, 6) is -4.31. The summed E-state index contributed by atoms with van der Waals surface area (Å²) < 4.78 is 12.9. The van der Waals surface area contributed by atoms with Gasteiger partial charge in [0, 0.05) is 5.02 Å². The van der Waals surface area contributed by atoms with E-state index in [4.69, 9.17) is 21.5 Å². The van der Waals surface area contributed by atoms with Crippen molar-refractivity contribution in [3.8, 4) is 0 Å². The number of aliphatic carboxylic acids is 1. The molecule has 0 aliphatic rings. The summed E-state index contributed by atoms with van der Waals surface area (Å²) in [4.78, 5) is 37.8. The first-order valence-corrected chi connectivity index (χ1v) is 5.77. The number of Topliss-reactive ketones (excluding diaryl/α,β-unsaturated/α-hetero) is 1. The number of nitrogens with zero attached hydrogens (tertiary/aromatic N) is 1. The fourth-order valence-electron chi connectivity index (χ4n) is 1.36. The van der Waals surface area contributed by atoms with Crippen molar-refractivity contribution in [1.82, 2.24) is 5.06 Å². The third-order valence-electron chi connectivity index (χ3n) is 2.38. The van der Waals surface area contributed by atoms with E-state index < -0.39 is 29.9 Å². The first-order chi connectivity index (χ1) is 9.35. The molecule has 1 aromatic rings. The number of rotatable bonds is 6. The van der Waals surface area contributed by atoms with Crippen molar-refractivity contribution in [2.45, 2.75) is 13.0 Å². The highest BCUT2D eigenvalue weighted by atomic mass is 35.5. The Bertz CT molecular complexity index is 549. The fourth-order valence-corrected chi connectivity index (χ4v) is 1.59. The predicted molar refractivity (Wildman–Crippen MR) is 66.2 cm³/mol. The molecule has 0 aliphatic heterocycles. The first-order valence-electron chi connectivity index (χ1n) is 5.39. The molecule has 0 spiro atoms. The van der Waals surface area contributed by atoms with Crippen LogP contribution in [0.25, 0.3) is 0 Å². The van der Waals surface area contributed by atoms with Crippen molar-refractivity contribution in [3.05, 3.63) is 34.6 Å². The molecule has 108 valence electrons. The lowest BCUT2D eigenvalue weighted by Crippen LogP contribution is -2.32. The van der Waals surface area contributed by atoms with Crippen LogP contribution < -0.4 is 0 Å². The third kappa shape index (κ3) is 4.29. The van der Waals surface area contributed by atoms with Gasteiger partial charge in [-0.3, -0.25) is 14.4 Å². The van der Waals surface area contributed by atoms with Crippen LogP contribution in [0.1, 0.15) is 12.0 Å². The second kappa shape index (κ2) is 6.97. The van der Waals surface area contributed by atoms with Gasteiger partial charge in [0.25, 0.3) is 5.91 Å². The van der Waals surface area contributed by atoms with Gasteiger partial charge in [-0.1, -0.05) is 17.7 Å². The minimum Gasteiger partial charge on any atom is -0.475 e. The zero-order chi connectivity index (χ0) is 15.3. The Hall–Kier alpha value is -1.99. The van der Waals surface area contributed by atoms with E-state index in [-0.39, 0.29) is 11.6 Å². The van der Waals surface area contributed by atoms with E-state index in [0.717, 1.165) is 17.2 Å². The number of amides is 1. The molecule has 0 unspecified atom stereocenters. The van der Waals surface area contributed by atoms with Gasteiger partial charge in [0.2, 0.25) is 5.78 Å². The summed E-state index contributed by atoms with van der Waals surface area (Å²) in [7, 11) is 1.18. The highest BCUT2D eigenvalue weighted by Gasteiger charge is 2.22. The molecule has 1 rings (SSSR count). The van der Waals surface area contributed by atoms with Crippen molar-refractivity contribution in [3.63, 3.8) is 0 Å². The van der Waals surface area contributed by atoms with Gasteiger partial charge in [0.05, 0.1) is 20.1 Å². The zero-order valence-electron chi connectivity index (χ0n) is 10.4. The Balaban J connectivity index is 2.78. The Morgan fingerprint density at radius 2 is 2.05 bits per heavy atom. The number of hydrogen-bond acceptors (Lipinski definition) is 4. The summed E-state index contributed by atoms with van der Waals surface area (Å²) in [5, 5.41) is 9.29. The molecule has 0 bridgehead atoms. The average molecular weight is 304 g/mol. The van der Waals surface area contributed by atoms with Gasteiger partial charge in [-0.05, 0) is 17.7 Å². The number of carbonyl (C=O) groups excluding carboxylic acids is 2. The maximum Gasteiger partial charge on any atom is 0.372 e. The van der Waals surface area contributed by atoms with E-state index in [1.54, 1.807) is 0 Å². The Kier molecular flexibility index (Phi) is 5.60. The highest BCUT2D eigenvalue weighted by molar-refractivity contribution is 6.36. The molecule has 8 heteroatoms. The molecule has 0 saturated carbocycles. The molecular weight excluding hydrogens is 293 g/mol. The SMILES string of the molecule is CON(Cc1ccc(F)cc1Cl)C(=O)CC(=O)C(=O)O. The fraction of sp³-hybridized carbons (Fsp3) is 0.250. The van der Waals surface area contributed by atoms with Crippen LogP contribution in [0, 0.1) is 5.82 Å². The molecular formula is C12H11ClFNO5. The smallest absolute Gasteiger partial charge is 0.372 e. The summed E-state index contributed by atoms with van der Waals surface area (Å²) >= 11 is 5.80. The van der Waals surface area contributed by atoms with Gasteiger partial charge in [-0.25, -0.2) is 14.2 Å². The number of hydrogen-bond donors (Lipinski definition) is 1. The predicted octanol–water partition coefficient (Wildman–Crippen LogP) is 1.41. The summed E-state index contributed by atoms with van der Waals surface area (Å²) in [6.45, 7) is -0.138. The van der Waals surface area contributed by atoms with Crippen LogP contribution in [0.2, 0.25) is 5.02 Å². The quantitative estimate of drug-likeness (QED) is 0.488. The number of carboxylic acids is 1. The minimum absolute atomic E-state index is 0.0874. The van der Waals surface area contributed by atoms with Crippen molar-refractivity contribution in [2.24, 2.45) is 0 Å². The third-order valence-corrected chi connectivity index (χ3v) is 2.73. The number of ketones is 1. The second-order valence-electron chi connectivity index (χ2n) is 3.75. The van der Waals surface area contributed by atoms with Crippen molar-refractivity contribution in [1.29, 1.82) is 0 Å². The van der Waals surface area contributed by atoms with Crippen molar-refractivity contribution < 1.29 is 28.7 Å². The molecule has 0 heterocycles. The number of hydroxylamine groups is 2. The molecule has 20 heavy (non-hydrogen) atoms. The van der Waals surface area contributed by atoms with Crippen LogP contribution in [0.4, 0.5) is 4.39 Å². The van der Waals surface area contributed by atoms with Crippen LogP contribution in [-0.2, 0) is 25.8 Å². The van der Waals surface area contributed by atoms with E-state index in [2.05, 4.69) is 0 Å². The monoisotopic (exact) mass is 303 g/mol. The van der Waals surface area contributed by atoms with Crippen LogP contribution in [0.5, 0.6) is 0 Å². The number of halogens is 2. The molecule has 0 aromatic heterocycles. The van der Waals surface area contributed by atoms with Gasteiger partial charge < -0.3 is 5.11 Å². The number of benzene rings is 1. The van der Waals surface area contributed by atoms with Gasteiger partial charge in [-0.2, -0.15) is 0 Å². The topological polar surface area (TPSA) is 83.9 Å². The average Bonchev–Trinajstić information content (AvgIpc) is 2.37. The lowest BCUT2D eigenvalue weighted by Gasteiger charge is -2.19. The maximum atomic E-state index is 12.9. The minimum atomic E-state index is -1.70. The van der Waals surface area contributed by atoms with Gasteiger partial charge in [0.1, 0.15) is 5.82 Å². The number of carboxylic acid groups (broad SMARTS) is 1. The molecule has 1 aromatic carbocycles. The van der Waals surface area contributed by atoms with Crippen LogP contribution in [0.15, 0.2) is 18.2 Å².